The number of carbonyl (C=O) groups excluding carboxylic acids is 2. The minimum Gasteiger partial charge on any atom is -0.352 e. The molecular formula is C17H30N4O2. The maximum absolute atomic E-state index is 12.1. The molecule has 0 aromatic heterocycles. The third kappa shape index (κ3) is 4.91. The van der Waals surface area contributed by atoms with E-state index in [0.29, 0.717) is 24.5 Å². The van der Waals surface area contributed by atoms with Crippen LogP contribution in [0.1, 0.15) is 39.5 Å². The van der Waals surface area contributed by atoms with E-state index in [1.54, 1.807) is 0 Å². The number of nitrogens with one attached hydrogen (secondary N) is 2. The van der Waals surface area contributed by atoms with Gasteiger partial charge in [0.1, 0.15) is 0 Å². The van der Waals surface area contributed by atoms with Gasteiger partial charge < -0.3 is 10.6 Å². The van der Waals surface area contributed by atoms with E-state index in [9.17, 15) is 9.59 Å². The van der Waals surface area contributed by atoms with Crippen LogP contribution in [0, 0.1) is 5.92 Å². The SMILES string of the molecule is CC(NC(=O)CN1CCN(C(C)C(=O)NC2CC2)CC1)C1CC1. The number of carbonyl (C=O) groups is 2. The molecule has 0 aromatic carbocycles. The van der Waals surface area contributed by atoms with Crippen LogP contribution in [0.5, 0.6) is 0 Å². The van der Waals surface area contributed by atoms with Gasteiger partial charge in [0.25, 0.3) is 0 Å². The molecule has 1 saturated heterocycles. The Morgan fingerprint density at radius 2 is 1.70 bits per heavy atom. The Balaban J connectivity index is 1.35. The van der Waals surface area contributed by atoms with Crippen LogP contribution in [-0.4, -0.2) is 72.5 Å². The molecule has 6 heteroatoms. The first-order valence-corrected chi connectivity index (χ1v) is 9.09. The Hall–Kier alpha value is -1.14. The van der Waals surface area contributed by atoms with E-state index < -0.39 is 0 Å². The van der Waals surface area contributed by atoms with Gasteiger partial charge in [-0.25, -0.2) is 0 Å². The quantitative estimate of drug-likeness (QED) is 0.702. The Kier molecular flexibility index (Phi) is 5.21. The van der Waals surface area contributed by atoms with Crippen LogP contribution >= 0.6 is 0 Å². The average Bonchev–Trinajstić information content (AvgIpc) is 3.39. The summed E-state index contributed by atoms with van der Waals surface area (Å²) in [5.41, 5.74) is 0. The number of hydrogen-bond acceptors (Lipinski definition) is 4. The molecule has 23 heavy (non-hydrogen) atoms. The van der Waals surface area contributed by atoms with Crippen molar-refractivity contribution in [3.8, 4) is 0 Å². The topological polar surface area (TPSA) is 64.7 Å². The third-order valence-electron chi connectivity index (χ3n) is 5.34. The van der Waals surface area contributed by atoms with Crippen LogP contribution in [0.2, 0.25) is 0 Å². The molecule has 130 valence electrons. The van der Waals surface area contributed by atoms with Crippen molar-refractivity contribution in [2.24, 2.45) is 5.92 Å². The van der Waals surface area contributed by atoms with E-state index >= 15 is 0 Å². The van der Waals surface area contributed by atoms with Gasteiger partial charge in [0.05, 0.1) is 12.6 Å². The van der Waals surface area contributed by atoms with Crippen molar-refractivity contribution in [2.75, 3.05) is 32.7 Å². The fourth-order valence-corrected chi connectivity index (χ4v) is 3.24. The summed E-state index contributed by atoms with van der Waals surface area (Å²) in [7, 11) is 0. The summed E-state index contributed by atoms with van der Waals surface area (Å²) in [6.07, 6.45) is 4.75. The van der Waals surface area contributed by atoms with Gasteiger partial charge >= 0.3 is 0 Å². The second-order valence-electron chi connectivity index (χ2n) is 7.46. The van der Waals surface area contributed by atoms with E-state index in [1.165, 1.54) is 12.8 Å². The normalized spacial score (nSPS) is 25.7. The van der Waals surface area contributed by atoms with Crippen LogP contribution in [0.25, 0.3) is 0 Å². The van der Waals surface area contributed by atoms with E-state index in [-0.39, 0.29) is 17.9 Å². The lowest BCUT2D eigenvalue weighted by molar-refractivity contribution is -0.128. The van der Waals surface area contributed by atoms with Gasteiger partial charge in [0.2, 0.25) is 11.8 Å². The molecule has 2 unspecified atom stereocenters. The van der Waals surface area contributed by atoms with Crippen LogP contribution < -0.4 is 10.6 Å². The lowest BCUT2D eigenvalue weighted by Gasteiger charge is -2.37. The van der Waals surface area contributed by atoms with Crippen molar-refractivity contribution in [3.63, 3.8) is 0 Å². The molecule has 0 bridgehead atoms. The highest BCUT2D eigenvalue weighted by Crippen LogP contribution is 2.32. The van der Waals surface area contributed by atoms with Gasteiger partial charge in [-0.2, -0.15) is 0 Å². The molecule has 2 aliphatic carbocycles. The van der Waals surface area contributed by atoms with Crippen LogP contribution in [0.3, 0.4) is 0 Å². The average molecular weight is 322 g/mol. The smallest absolute Gasteiger partial charge is 0.237 e. The molecule has 2 amide bonds. The first kappa shape index (κ1) is 16.7. The van der Waals surface area contributed by atoms with E-state index in [0.717, 1.165) is 39.0 Å². The zero-order chi connectivity index (χ0) is 16.4. The molecule has 3 rings (SSSR count). The van der Waals surface area contributed by atoms with Gasteiger partial charge in [-0.15, -0.1) is 0 Å². The first-order valence-electron chi connectivity index (χ1n) is 9.09. The molecule has 0 spiro atoms. The lowest BCUT2D eigenvalue weighted by atomic mass is 10.2. The Bertz CT molecular complexity index is 440. The zero-order valence-electron chi connectivity index (χ0n) is 14.4. The van der Waals surface area contributed by atoms with Crippen molar-refractivity contribution in [3.05, 3.63) is 0 Å². The highest BCUT2D eigenvalue weighted by atomic mass is 16.2. The Labute approximate surface area is 139 Å². The summed E-state index contributed by atoms with van der Waals surface area (Å²) >= 11 is 0. The molecule has 1 heterocycles. The fraction of sp³-hybridized carbons (Fsp3) is 0.882. The largest absolute Gasteiger partial charge is 0.352 e. The molecule has 0 aromatic rings. The highest BCUT2D eigenvalue weighted by molar-refractivity contribution is 5.82. The van der Waals surface area contributed by atoms with Gasteiger partial charge in [-0.05, 0) is 45.4 Å². The van der Waals surface area contributed by atoms with Gasteiger partial charge in [0, 0.05) is 38.3 Å². The number of amides is 2. The summed E-state index contributed by atoms with van der Waals surface area (Å²) < 4.78 is 0. The number of piperazine rings is 1. The molecule has 6 nitrogen and oxygen atoms in total. The maximum Gasteiger partial charge on any atom is 0.237 e. The number of nitrogens with zero attached hydrogens (tertiary/aromatic N) is 2. The monoisotopic (exact) mass is 322 g/mol. The van der Waals surface area contributed by atoms with Crippen molar-refractivity contribution in [1.82, 2.24) is 20.4 Å². The van der Waals surface area contributed by atoms with E-state index in [4.69, 9.17) is 0 Å². The molecule has 2 N–H and O–H groups in total. The molecule has 2 atom stereocenters. The van der Waals surface area contributed by atoms with Crippen LogP contribution in [-0.2, 0) is 9.59 Å². The standard InChI is InChI=1S/C17H30N4O2/c1-12(14-3-4-14)18-16(22)11-20-7-9-21(10-8-20)13(2)17(23)19-15-5-6-15/h12-15H,3-11H2,1-2H3,(H,18,22)(H,19,23). The van der Waals surface area contributed by atoms with E-state index in [1.807, 2.05) is 6.92 Å². The van der Waals surface area contributed by atoms with Crippen molar-refractivity contribution < 1.29 is 9.59 Å². The molecule has 0 radical (unpaired) electrons. The minimum atomic E-state index is -0.0681. The third-order valence-corrected chi connectivity index (χ3v) is 5.34. The summed E-state index contributed by atoms with van der Waals surface area (Å²) in [6.45, 7) is 7.98. The molecule has 3 aliphatic rings. The molecule has 2 saturated carbocycles. The second-order valence-corrected chi connectivity index (χ2v) is 7.46. The summed E-state index contributed by atoms with van der Waals surface area (Å²) in [6, 6.07) is 0.666. The first-order chi connectivity index (χ1) is 11.0. The highest BCUT2D eigenvalue weighted by Gasteiger charge is 2.31. The predicted octanol–water partition coefficient (Wildman–Crippen LogP) is 0.186. The minimum absolute atomic E-state index is 0.0681. The summed E-state index contributed by atoms with van der Waals surface area (Å²) in [5.74, 6) is 0.982. The predicted molar refractivity (Wildman–Crippen MR) is 89.0 cm³/mol. The van der Waals surface area contributed by atoms with Gasteiger partial charge in [-0.1, -0.05) is 0 Å². The maximum atomic E-state index is 12.1. The molecular weight excluding hydrogens is 292 g/mol. The van der Waals surface area contributed by atoms with Gasteiger partial charge in [-0.3, -0.25) is 19.4 Å². The zero-order valence-corrected chi connectivity index (χ0v) is 14.4. The number of hydrogen-bond donors (Lipinski definition) is 2. The van der Waals surface area contributed by atoms with Crippen molar-refractivity contribution in [1.29, 1.82) is 0 Å². The Morgan fingerprint density at radius 1 is 1.04 bits per heavy atom. The van der Waals surface area contributed by atoms with Gasteiger partial charge in [0.15, 0.2) is 0 Å². The summed E-state index contributed by atoms with van der Waals surface area (Å²) in [5, 5.41) is 6.19. The fourth-order valence-electron chi connectivity index (χ4n) is 3.24. The molecule has 3 fully saturated rings. The van der Waals surface area contributed by atoms with Crippen LogP contribution in [0.4, 0.5) is 0 Å². The van der Waals surface area contributed by atoms with Crippen LogP contribution in [0.15, 0.2) is 0 Å². The Morgan fingerprint density at radius 3 is 2.26 bits per heavy atom. The second kappa shape index (κ2) is 7.18. The summed E-state index contributed by atoms with van der Waals surface area (Å²) in [4.78, 5) is 28.6. The van der Waals surface area contributed by atoms with Crippen molar-refractivity contribution in [2.45, 2.75) is 57.7 Å². The lowest BCUT2D eigenvalue weighted by Crippen LogP contribution is -2.55. The van der Waals surface area contributed by atoms with Crippen molar-refractivity contribution >= 4 is 11.8 Å². The number of rotatable bonds is 7. The molecule has 1 aliphatic heterocycles. The van der Waals surface area contributed by atoms with E-state index in [2.05, 4.69) is 27.4 Å².